The lowest BCUT2D eigenvalue weighted by atomic mass is 9.84. The zero-order valence-electron chi connectivity index (χ0n) is 29.1. The Morgan fingerprint density at radius 2 is 0.792 bits per heavy atom. The minimum Gasteiger partial charge on any atom is -0.455 e. The van der Waals surface area contributed by atoms with Gasteiger partial charge in [-0.25, -0.2) is 0 Å². The van der Waals surface area contributed by atoms with Gasteiger partial charge in [0.05, 0.1) is 0 Å². The molecular formula is C51H32OS. The molecule has 0 fully saturated rings. The highest BCUT2D eigenvalue weighted by atomic mass is 32.1. The number of benzene rings is 9. The first-order chi connectivity index (χ1) is 26.3. The molecule has 53 heavy (non-hydrogen) atoms. The summed E-state index contributed by atoms with van der Waals surface area (Å²) in [4.78, 5) is 0. The van der Waals surface area contributed by atoms with Gasteiger partial charge >= 0.3 is 0 Å². The molecule has 1 nitrogen and oxygen atoms in total. The molecule has 0 bridgehead atoms. The van der Waals surface area contributed by atoms with Crippen molar-refractivity contribution in [2.75, 3.05) is 0 Å². The molecule has 2 heteroatoms. The molecule has 0 saturated heterocycles. The molecule has 0 aliphatic heterocycles. The smallest absolute Gasteiger partial charge is 0.143 e. The number of hydrogen-bond donors (Lipinski definition) is 0. The summed E-state index contributed by atoms with van der Waals surface area (Å²) in [6, 6.07) is 59.6. The maximum absolute atomic E-state index is 7.04. The fourth-order valence-electron chi connectivity index (χ4n) is 8.91. The van der Waals surface area contributed by atoms with E-state index in [1.165, 1.54) is 87.6 Å². The average Bonchev–Trinajstić information content (AvgIpc) is 3.82. The van der Waals surface area contributed by atoms with E-state index in [1.54, 1.807) is 11.3 Å². The highest BCUT2D eigenvalue weighted by Gasteiger charge is 2.24. The van der Waals surface area contributed by atoms with Crippen molar-refractivity contribution in [3.63, 3.8) is 0 Å². The topological polar surface area (TPSA) is 13.1 Å². The van der Waals surface area contributed by atoms with Gasteiger partial charge in [-0.2, -0.15) is 11.3 Å². The maximum atomic E-state index is 7.04. The summed E-state index contributed by atoms with van der Waals surface area (Å²) in [7, 11) is 0. The molecule has 0 saturated carbocycles. The second kappa shape index (κ2) is 11.8. The molecule has 0 spiro atoms. The van der Waals surface area contributed by atoms with Gasteiger partial charge in [-0.15, -0.1) is 0 Å². The molecule has 0 N–H and O–H groups in total. The van der Waals surface area contributed by atoms with Crippen molar-refractivity contribution in [2.24, 2.45) is 0 Å². The van der Waals surface area contributed by atoms with E-state index in [-0.39, 0.29) is 0 Å². The minimum absolute atomic E-state index is 0.893. The third-order valence-corrected chi connectivity index (χ3v) is 12.0. The second-order valence-corrected chi connectivity index (χ2v) is 14.7. The van der Waals surface area contributed by atoms with Crippen LogP contribution in [0.5, 0.6) is 0 Å². The number of rotatable bonds is 4. The largest absolute Gasteiger partial charge is 0.455 e. The number of hydrogen-bond acceptors (Lipinski definition) is 2. The zero-order chi connectivity index (χ0) is 35.0. The van der Waals surface area contributed by atoms with Gasteiger partial charge in [-0.3, -0.25) is 0 Å². The summed E-state index contributed by atoms with van der Waals surface area (Å²) in [5.74, 6) is 0. The van der Waals surface area contributed by atoms with Crippen molar-refractivity contribution in [2.45, 2.75) is 6.92 Å². The Balaban J connectivity index is 1.24. The highest BCUT2D eigenvalue weighted by molar-refractivity contribution is 7.08. The van der Waals surface area contributed by atoms with Crippen LogP contribution in [0.15, 0.2) is 179 Å². The van der Waals surface area contributed by atoms with Crippen LogP contribution in [0, 0.1) is 6.92 Å². The molecule has 2 heterocycles. The van der Waals surface area contributed by atoms with E-state index in [0.717, 1.165) is 27.5 Å². The van der Waals surface area contributed by atoms with E-state index in [9.17, 15) is 0 Å². The van der Waals surface area contributed by atoms with Crippen LogP contribution in [0.4, 0.5) is 0 Å². The van der Waals surface area contributed by atoms with Crippen molar-refractivity contribution in [3.8, 4) is 44.5 Å². The zero-order valence-corrected chi connectivity index (χ0v) is 29.9. The molecule has 0 atom stereocenters. The van der Waals surface area contributed by atoms with Gasteiger partial charge in [-0.1, -0.05) is 158 Å². The fourth-order valence-corrected chi connectivity index (χ4v) is 9.75. The third kappa shape index (κ3) is 4.43. The first kappa shape index (κ1) is 30.2. The standard InChI is InChI=1S/C51H32OS/c1-31-29-53-30-44(31)49-39-23-11-9-21-37(39)48(38-22-10-12-24-40(38)49)42-26-13-27-43-50-41(25-14-28-45(50)52-51(42)43)47-35-19-7-5-17-33(35)46(32-15-3-2-4-16-32)34-18-6-8-20-36(34)47/h2-30H,1H3. The van der Waals surface area contributed by atoms with E-state index < -0.39 is 0 Å². The summed E-state index contributed by atoms with van der Waals surface area (Å²) in [6.07, 6.45) is 0. The quantitative estimate of drug-likeness (QED) is 0.167. The predicted molar refractivity (Wildman–Crippen MR) is 228 cm³/mol. The molecule has 0 aliphatic carbocycles. The minimum atomic E-state index is 0.893. The summed E-state index contributed by atoms with van der Waals surface area (Å²) >= 11 is 1.77. The summed E-state index contributed by atoms with van der Waals surface area (Å²) in [5.41, 5.74) is 13.0. The van der Waals surface area contributed by atoms with Crippen LogP contribution in [-0.2, 0) is 0 Å². The van der Waals surface area contributed by atoms with E-state index in [2.05, 4.69) is 181 Å². The number of para-hydroxylation sites is 1. The third-order valence-electron chi connectivity index (χ3n) is 11.1. The summed E-state index contributed by atoms with van der Waals surface area (Å²) < 4.78 is 7.04. The Morgan fingerprint density at radius 3 is 1.32 bits per heavy atom. The van der Waals surface area contributed by atoms with E-state index >= 15 is 0 Å². The first-order valence-corrected chi connectivity index (χ1v) is 19.1. The van der Waals surface area contributed by atoms with Crippen molar-refractivity contribution in [1.82, 2.24) is 0 Å². The Labute approximate surface area is 311 Å². The number of thiophene rings is 1. The molecule has 11 aromatic rings. The van der Waals surface area contributed by atoms with Gasteiger partial charge in [-0.05, 0) is 106 Å². The van der Waals surface area contributed by atoms with Crippen LogP contribution in [0.3, 0.4) is 0 Å². The van der Waals surface area contributed by atoms with Gasteiger partial charge < -0.3 is 4.42 Å². The summed E-state index contributed by atoms with van der Waals surface area (Å²) in [6.45, 7) is 2.22. The fraction of sp³-hybridized carbons (Fsp3) is 0.0196. The predicted octanol–water partition coefficient (Wildman–Crippen LogP) is 15.2. The average molecular weight is 693 g/mol. The molecule has 2 aromatic heterocycles. The normalized spacial score (nSPS) is 11.9. The highest BCUT2D eigenvalue weighted by Crippen LogP contribution is 2.50. The number of aryl methyl sites for hydroxylation is 1. The van der Waals surface area contributed by atoms with Crippen molar-refractivity contribution in [3.05, 3.63) is 180 Å². The lowest BCUT2D eigenvalue weighted by Gasteiger charge is -2.18. The van der Waals surface area contributed by atoms with Crippen molar-refractivity contribution < 1.29 is 4.42 Å². The van der Waals surface area contributed by atoms with Crippen LogP contribution in [0.2, 0.25) is 0 Å². The molecular weight excluding hydrogens is 661 g/mol. The number of furan rings is 1. The lowest BCUT2D eigenvalue weighted by molar-refractivity contribution is 0.670. The molecule has 0 amide bonds. The Bertz CT molecular complexity index is 3120. The van der Waals surface area contributed by atoms with Crippen LogP contribution < -0.4 is 0 Å². The van der Waals surface area contributed by atoms with Crippen LogP contribution in [-0.4, -0.2) is 0 Å². The molecule has 0 radical (unpaired) electrons. The molecule has 0 aliphatic rings. The van der Waals surface area contributed by atoms with Gasteiger partial charge in [0.15, 0.2) is 0 Å². The Kier molecular flexibility index (Phi) is 6.71. The van der Waals surface area contributed by atoms with Gasteiger partial charge in [0.25, 0.3) is 0 Å². The Morgan fingerprint density at radius 1 is 0.358 bits per heavy atom. The number of fused-ring (bicyclic) bond motifs is 7. The van der Waals surface area contributed by atoms with Gasteiger partial charge in [0.1, 0.15) is 11.2 Å². The van der Waals surface area contributed by atoms with Crippen LogP contribution >= 0.6 is 11.3 Å². The van der Waals surface area contributed by atoms with Crippen LogP contribution in [0.1, 0.15) is 5.56 Å². The SMILES string of the molecule is Cc1cscc1-c1c2ccccc2c(-c2cccc3c2oc2cccc(-c4c5ccccc5c(-c5ccccc5)c5ccccc45)c23)c2ccccc12. The molecule has 9 aromatic carbocycles. The van der Waals surface area contributed by atoms with Crippen molar-refractivity contribution >= 4 is 76.4 Å². The van der Waals surface area contributed by atoms with E-state index in [0.29, 0.717) is 0 Å². The lowest BCUT2D eigenvalue weighted by Crippen LogP contribution is -1.91. The molecule has 0 unspecified atom stereocenters. The van der Waals surface area contributed by atoms with Crippen molar-refractivity contribution in [1.29, 1.82) is 0 Å². The van der Waals surface area contributed by atoms with Gasteiger partial charge in [0.2, 0.25) is 0 Å². The first-order valence-electron chi connectivity index (χ1n) is 18.2. The monoisotopic (exact) mass is 692 g/mol. The molecule has 248 valence electrons. The Hall–Kier alpha value is -6.48. The second-order valence-electron chi connectivity index (χ2n) is 14.0. The van der Waals surface area contributed by atoms with Gasteiger partial charge in [0, 0.05) is 21.9 Å². The maximum Gasteiger partial charge on any atom is 0.143 e. The summed E-state index contributed by atoms with van der Waals surface area (Å²) in [5, 5.41) is 16.8. The van der Waals surface area contributed by atoms with E-state index in [4.69, 9.17) is 4.42 Å². The van der Waals surface area contributed by atoms with Crippen LogP contribution in [0.25, 0.3) is 110 Å². The van der Waals surface area contributed by atoms with E-state index in [1.807, 2.05) is 0 Å². The molecule has 11 rings (SSSR count).